The molecule has 2 aromatic carbocycles. The average molecular weight is 414 g/mol. The molecule has 1 atom stereocenters. The van der Waals surface area contributed by atoms with Crippen molar-refractivity contribution in [3.8, 4) is 11.4 Å². The molecule has 0 spiro atoms. The Morgan fingerprint density at radius 1 is 1.13 bits per heavy atom. The summed E-state index contributed by atoms with van der Waals surface area (Å²) in [5.74, 6) is 1.25. The molecule has 3 heterocycles. The third kappa shape index (κ3) is 3.82. The minimum absolute atomic E-state index is 0.145. The normalized spacial score (nSPS) is 15.1. The standard InChI is InChI=1S/C24H22N4O3/c1-16-13-18-9-5-6-10-20(18)28(16)15-21-19(11-12-30-21)24(29)25-14-22-26-23(27-31-22)17-7-3-2-4-8-17/h2-12,16H,13-15H2,1H3,(H,25,29). The van der Waals surface area contributed by atoms with Gasteiger partial charge in [0.25, 0.3) is 5.91 Å². The first-order valence-electron chi connectivity index (χ1n) is 10.3. The van der Waals surface area contributed by atoms with Crippen LogP contribution in [-0.2, 0) is 19.5 Å². The Morgan fingerprint density at radius 3 is 2.81 bits per heavy atom. The van der Waals surface area contributed by atoms with Crippen molar-refractivity contribution in [3.05, 3.63) is 89.7 Å². The number of anilines is 1. The van der Waals surface area contributed by atoms with E-state index in [0.29, 0.717) is 35.6 Å². The molecule has 0 radical (unpaired) electrons. The Hall–Kier alpha value is -3.87. The van der Waals surface area contributed by atoms with Crippen LogP contribution in [0.3, 0.4) is 0 Å². The lowest BCUT2D eigenvalue weighted by Crippen LogP contribution is -2.30. The minimum atomic E-state index is -0.233. The molecule has 0 bridgehead atoms. The number of rotatable bonds is 6. The molecular weight excluding hydrogens is 392 g/mol. The second-order valence-electron chi connectivity index (χ2n) is 7.63. The number of amides is 1. The highest BCUT2D eigenvalue weighted by Crippen LogP contribution is 2.33. The monoisotopic (exact) mass is 414 g/mol. The minimum Gasteiger partial charge on any atom is -0.467 e. The molecule has 1 unspecified atom stereocenters. The van der Waals surface area contributed by atoms with Crippen LogP contribution in [0, 0.1) is 0 Å². The quantitative estimate of drug-likeness (QED) is 0.509. The van der Waals surface area contributed by atoms with E-state index in [-0.39, 0.29) is 12.5 Å². The highest BCUT2D eigenvalue weighted by Gasteiger charge is 2.28. The van der Waals surface area contributed by atoms with Crippen molar-refractivity contribution in [1.82, 2.24) is 15.5 Å². The van der Waals surface area contributed by atoms with Gasteiger partial charge in [-0.15, -0.1) is 0 Å². The summed E-state index contributed by atoms with van der Waals surface area (Å²) in [6, 6.07) is 19.9. The van der Waals surface area contributed by atoms with Crippen LogP contribution >= 0.6 is 0 Å². The van der Waals surface area contributed by atoms with Gasteiger partial charge < -0.3 is 19.2 Å². The predicted molar refractivity (Wildman–Crippen MR) is 115 cm³/mol. The van der Waals surface area contributed by atoms with E-state index >= 15 is 0 Å². The van der Waals surface area contributed by atoms with Gasteiger partial charge >= 0.3 is 0 Å². The summed E-state index contributed by atoms with van der Waals surface area (Å²) in [5.41, 5.74) is 3.88. The zero-order valence-electron chi connectivity index (χ0n) is 17.1. The fraction of sp³-hybridized carbons (Fsp3) is 0.208. The fourth-order valence-electron chi connectivity index (χ4n) is 3.97. The number of carbonyl (C=O) groups is 1. The summed E-state index contributed by atoms with van der Waals surface area (Å²) in [6.45, 7) is 2.86. The number of benzene rings is 2. The molecule has 1 aliphatic rings. The molecule has 0 fully saturated rings. The van der Waals surface area contributed by atoms with Crippen LogP contribution in [0.4, 0.5) is 5.69 Å². The van der Waals surface area contributed by atoms with E-state index in [1.165, 1.54) is 11.3 Å². The van der Waals surface area contributed by atoms with Crippen molar-refractivity contribution in [2.24, 2.45) is 0 Å². The van der Waals surface area contributed by atoms with E-state index < -0.39 is 0 Å². The van der Waals surface area contributed by atoms with E-state index in [2.05, 4.69) is 45.5 Å². The van der Waals surface area contributed by atoms with Crippen LogP contribution < -0.4 is 10.2 Å². The number of nitrogens with one attached hydrogen (secondary N) is 1. The molecule has 1 N–H and O–H groups in total. The van der Waals surface area contributed by atoms with Crippen LogP contribution in [0.2, 0.25) is 0 Å². The highest BCUT2D eigenvalue weighted by atomic mass is 16.5. The van der Waals surface area contributed by atoms with Crippen molar-refractivity contribution < 1.29 is 13.7 Å². The van der Waals surface area contributed by atoms with Gasteiger partial charge in [0.2, 0.25) is 11.7 Å². The van der Waals surface area contributed by atoms with Gasteiger partial charge in [-0.05, 0) is 31.0 Å². The van der Waals surface area contributed by atoms with Crippen molar-refractivity contribution in [1.29, 1.82) is 0 Å². The Labute approximate surface area is 179 Å². The van der Waals surface area contributed by atoms with Gasteiger partial charge in [0.15, 0.2) is 0 Å². The Morgan fingerprint density at radius 2 is 1.94 bits per heavy atom. The fourth-order valence-corrected chi connectivity index (χ4v) is 3.97. The molecule has 0 saturated heterocycles. The molecule has 4 aromatic rings. The van der Waals surface area contributed by atoms with Crippen molar-refractivity contribution in [2.75, 3.05) is 4.90 Å². The summed E-state index contributed by atoms with van der Waals surface area (Å²) in [7, 11) is 0. The summed E-state index contributed by atoms with van der Waals surface area (Å²) >= 11 is 0. The number of aromatic nitrogens is 2. The van der Waals surface area contributed by atoms with Crippen LogP contribution in [-0.4, -0.2) is 22.1 Å². The second kappa shape index (κ2) is 8.10. The van der Waals surface area contributed by atoms with Crippen LogP contribution in [0.15, 0.2) is 75.9 Å². The van der Waals surface area contributed by atoms with E-state index in [1.807, 2.05) is 36.4 Å². The van der Waals surface area contributed by atoms with Gasteiger partial charge in [-0.25, -0.2) is 0 Å². The van der Waals surface area contributed by atoms with Gasteiger partial charge in [-0.2, -0.15) is 4.98 Å². The lowest BCUT2D eigenvalue weighted by molar-refractivity contribution is 0.0944. The second-order valence-corrected chi connectivity index (χ2v) is 7.63. The number of para-hydroxylation sites is 1. The lowest BCUT2D eigenvalue weighted by Gasteiger charge is -2.24. The largest absolute Gasteiger partial charge is 0.467 e. The third-order valence-corrected chi connectivity index (χ3v) is 5.55. The SMILES string of the molecule is CC1Cc2ccccc2N1Cc1occc1C(=O)NCc1nc(-c2ccccc2)no1. The maximum atomic E-state index is 12.8. The van der Waals surface area contributed by atoms with E-state index in [4.69, 9.17) is 8.94 Å². The van der Waals surface area contributed by atoms with Crippen LogP contribution in [0.25, 0.3) is 11.4 Å². The maximum absolute atomic E-state index is 12.8. The number of fused-ring (bicyclic) bond motifs is 1. The van der Waals surface area contributed by atoms with Gasteiger partial charge in [0.1, 0.15) is 5.76 Å². The number of carbonyl (C=O) groups excluding carboxylic acids is 1. The highest BCUT2D eigenvalue weighted by molar-refractivity contribution is 5.95. The molecule has 2 aromatic heterocycles. The molecule has 1 amide bonds. The van der Waals surface area contributed by atoms with Gasteiger partial charge in [-0.3, -0.25) is 4.79 Å². The lowest BCUT2D eigenvalue weighted by atomic mass is 10.1. The first kappa shape index (κ1) is 19.1. The number of hydrogen-bond acceptors (Lipinski definition) is 6. The third-order valence-electron chi connectivity index (χ3n) is 5.55. The Kier molecular flexibility index (Phi) is 5.00. The van der Waals surface area contributed by atoms with E-state index in [9.17, 15) is 4.79 Å². The molecule has 1 aliphatic heterocycles. The topological polar surface area (TPSA) is 84.4 Å². The number of nitrogens with zero attached hydrogens (tertiary/aromatic N) is 3. The first-order chi connectivity index (χ1) is 15.2. The summed E-state index contributed by atoms with van der Waals surface area (Å²) in [6.07, 6.45) is 2.54. The molecule has 7 heteroatoms. The summed E-state index contributed by atoms with van der Waals surface area (Å²) in [5, 5.41) is 6.83. The molecule has 0 saturated carbocycles. The van der Waals surface area contributed by atoms with Crippen LogP contribution in [0.1, 0.15) is 34.5 Å². The maximum Gasteiger partial charge on any atom is 0.255 e. The number of hydrogen-bond donors (Lipinski definition) is 1. The predicted octanol–water partition coefficient (Wildman–Crippen LogP) is 4.21. The molecule has 31 heavy (non-hydrogen) atoms. The average Bonchev–Trinajstić information content (AvgIpc) is 3.53. The van der Waals surface area contributed by atoms with E-state index in [0.717, 1.165) is 12.0 Å². The molecule has 156 valence electrons. The zero-order chi connectivity index (χ0) is 21.2. The summed E-state index contributed by atoms with van der Waals surface area (Å²) in [4.78, 5) is 19.4. The first-order valence-corrected chi connectivity index (χ1v) is 10.3. The van der Waals surface area contributed by atoms with Gasteiger partial charge in [-0.1, -0.05) is 53.7 Å². The Bertz CT molecular complexity index is 1200. The smallest absolute Gasteiger partial charge is 0.255 e. The zero-order valence-corrected chi connectivity index (χ0v) is 17.1. The van der Waals surface area contributed by atoms with E-state index in [1.54, 1.807) is 12.3 Å². The molecule has 5 rings (SSSR count). The van der Waals surface area contributed by atoms with Crippen molar-refractivity contribution >= 4 is 11.6 Å². The van der Waals surface area contributed by atoms with Gasteiger partial charge in [0, 0.05) is 17.3 Å². The van der Waals surface area contributed by atoms with Crippen molar-refractivity contribution in [2.45, 2.75) is 32.5 Å². The van der Waals surface area contributed by atoms with Gasteiger partial charge in [0.05, 0.1) is 24.9 Å². The summed E-state index contributed by atoms with van der Waals surface area (Å²) < 4.78 is 10.9. The number of furan rings is 1. The molecular formula is C24H22N4O3. The molecule has 7 nitrogen and oxygen atoms in total. The Balaban J connectivity index is 1.26. The van der Waals surface area contributed by atoms with Crippen LogP contribution in [0.5, 0.6) is 0 Å². The van der Waals surface area contributed by atoms with Crippen molar-refractivity contribution in [3.63, 3.8) is 0 Å². The molecule has 0 aliphatic carbocycles.